The monoisotopic (exact) mass is 352 g/mol. The second kappa shape index (κ2) is 7.98. The quantitative estimate of drug-likeness (QED) is 0.691. The number of fused-ring (bicyclic) bond motifs is 1. The van der Waals surface area contributed by atoms with Gasteiger partial charge in [0.05, 0.1) is 0 Å². The molecule has 0 bridgehead atoms. The van der Waals surface area contributed by atoms with Gasteiger partial charge in [-0.1, -0.05) is 43.9 Å². The number of aryl methyl sites for hydroxylation is 1. The second-order valence-electron chi connectivity index (χ2n) is 8.23. The molecule has 2 fully saturated rings. The summed E-state index contributed by atoms with van der Waals surface area (Å²) in [4.78, 5) is 0. The van der Waals surface area contributed by atoms with E-state index in [1.54, 1.807) is 0 Å². The zero-order valence-electron chi connectivity index (χ0n) is 16.0. The Morgan fingerprint density at radius 3 is 2.04 bits per heavy atom. The number of hydrogen-bond donors (Lipinski definition) is 3. The highest BCUT2D eigenvalue weighted by atomic mass is 16.3. The first-order chi connectivity index (χ1) is 12.7. The molecule has 0 saturated heterocycles. The smallest absolute Gasteiger partial charge is 0.120 e. The summed E-state index contributed by atoms with van der Waals surface area (Å²) in [5.74, 6) is 0.416. The zero-order valence-corrected chi connectivity index (χ0v) is 16.0. The molecule has 4 rings (SSSR count). The van der Waals surface area contributed by atoms with Crippen molar-refractivity contribution in [2.24, 2.45) is 0 Å². The van der Waals surface area contributed by atoms with Crippen LogP contribution in [0.1, 0.15) is 68.1 Å². The summed E-state index contributed by atoms with van der Waals surface area (Å²) in [5, 5.41) is 20.3. The normalized spacial score (nSPS) is 19.0. The van der Waals surface area contributed by atoms with E-state index in [2.05, 4.69) is 35.8 Å². The van der Waals surface area contributed by atoms with E-state index in [1.165, 1.54) is 73.3 Å². The Morgan fingerprint density at radius 2 is 1.38 bits per heavy atom. The predicted molar refractivity (Wildman–Crippen MR) is 109 cm³/mol. The summed E-state index contributed by atoms with van der Waals surface area (Å²) in [6.45, 7) is 3.93. The third-order valence-electron chi connectivity index (χ3n) is 6.53. The Labute approximate surface area is 157 Å². The molecule has 26 heavy (non-hydrogen) atoms. The maximum Gasteiger partial charge on any atom is 0.120 e. The molecule has 0 unspecified atom stereocenters. The minimum Gasteiger partial charge on any atom is -0.508 e. The van der Waals surface area contributed by atoms with Crippen LogP contribution in [0.5, 0.6) is 5.75 Å². The van der Waals surface area contributed by atoms with Crippen molar-refractivity contribution in [3.8, 4) is 5.75 Å². The lowest BCUT2D eigenvalue weighted by atomic mass is 9.95. The first kappa shape index (κ1) is 17.8. The van der Waals surface area contributed by atoms with Crippen LogP contribution in [-0.2, 0) is 13.1 Å². The molecule has 0 spiro atoms. The van der Waals surface area contributed by atoms with E-state index in [9.17, 15) is 5.11 Å². The molecule has 0 aromatic heterocycles. The molecule has 3 nitrogen and oxygen atoms in total. The van der Waals surface area contributed by atoms with Gasteiger partial charge < -0.3 is 15.7 Å². The maximum atomic E-state index is 10.4. The highest BCUT2D eigenvalue weighted by Crippen LogP contribution is 2.31. The summed E-state index contributed by atoms with van der Waals surface area (Å²) in [7, 11) is 0. The van der Waals surface area contributed by atoms with Crippen molar-refractivity contribution >= 4 is 10.8 Å². The summed E-state index contributed by atoms with van der Waals surface area (Å²) >= 11 is 0. The van der Waals surface area contributed by atoms with Gasteiger partial charge in [-0.15, -0.1) is 0 Å². The van der Waals surface area contributed by atoms with E-state index in [0.717, 1.165) is 18.7 Å². The van der Waals surface area contributed by atoms with Crippen LogP contribution < -0.4 is 10.6 Å². The van der Waals surface area contributed by atoms with Gasteiger partial charge in [0, 0.05) is 30.7 Å². The molecule has 0 heterocycles. The number of hydrogen-bond acceptors (Lipinski definition) is 3. The van der Waals surface area contributed by atoms with Crippen LogP contribution in [0.3, 0.4) is 0 Å². The van der Waals surface area contributed by atoms with Gasteiger partial charge >= 0.3 is 0 Å². The fourth-order valence-electron chi connectivity index (χ4n) is 4.79. The first-order valence-corrected chi connectivity index (χ1v) is 10.4. The highest BCUT2D eigenvalue weighted by Gasteiger charge is 2.17. The Kier molecular flexibility index (Phi) is 5.46. The van der Waals surface area contributed by atoms with Crippen molar-refractivity contribution in [2.45, 2.75) is 83.5 Å². The van der Waals surface area contributed by atoms with Crippen LogP contribution in [0.2, 0.25) is 0 Å². The lowest BCUT2D eigenvalue weighted by molar-refractivity contribution is 0.458. The lowest BCUT2D eigenvalue weighted by Gasteiger charge is -2.18. The SMILES string of the molecule is Cc1c(CNC2CCCC2)ccc2c(CNC3CCCC3)c(O)ccc12. The molecular formula is C23H32N2O. The molecular weight excluding hydrogens is 320 g/mol. The average molecular weight is 353 g/mol. The summed E-state index contributed by atoms with van der Waals surface area (Å²) in [6, 6.07) is 9.71. The molecule has 0 aliphatic heterocycles. The fourth-order valence-corrected chi connectivity index (χ4v) is 4.79. The third-order valence-corrected chi connectivity index (χ3v) is 6.53. The molecule has 2 aromatic carbocycles. The van der Waals surface area contributed by atoms with Gasteiger partial charge in [-0.3, -0.25) is 0 Å². The summed E-state index contributed by atoms with van der Waals surface area (Å²) < 4.78 is 0. The van der Waals surface area contributed by atoms with Crippen LogP contribution in [0.4, 0.5) is 0 Å². The number of nitrogens with one attached hydrogen (secondary N) is 2. The molecule has 0 amide bonds. The largest absolute Gasteiger partial charge is 0.508 e. The van der Waals surface area contributed by atoms with Crippen LogP contribution in [0, 0.1) is 6.92 Å². The van der Waals surface area contributed by atoms with Gasteiger partial charge in [0.25, 0.3) is 0 Å². The molecule has 2 saturated carbocycles. The second-order valence-corrected chi connectivity index (χ2v) is 8.23. The van der Waals surface area contributed by atoms with Crippen LogP contribution in [0.25, 0.3) is 10.8 Å². The molecule has 0 radical (unpaired) electrons. The number of aromatic hydroxyl groups is 1. The number of phenols is 1. The molecule has 0 atom stereocenters. The minimum atomic E-state index is 0.416. The molecule has 2 aliphatic carbocycles. The molecule has 3 heteroatoms. The fraction of sp³-hybridized carbons (Fsp3) is 0.565. The van der Waals surface area contributed by atoms with Crippen LogP contribution >= 0.6 is 0 Å². The molecule has 2 aliphatic rings. The number of benzene rings is 2. The van der Waals surface area contributed by atoms with Gasteiger partial charge in [0.1, 0.15) is 5.75 Å². The van der Waals surface area contributed by atoms with E-state index in [0.29, 0.717) is 17.8 Å². The Morgan fingerprint density at radius 1 is 0.808 bits per heavy atom. The first-order valence-electron chi connectivity index (χ1n) is 10.4. The summed E-state index contributed by atoms with van der Waals surface area (Å²) in [5.41, 5.74) is 3.77. The molecule has 2 aromatic rings. The zero-order chi connectivity index (χ0) is 17.9. The summed E-state index contributed by atoms with van der Waals surface area (Å²) in [6.07, 6.45) is 10.6. The Hall–Kier alpha value is -1.58. The van der Waals surface area contributed by atoms with Gasteiger partial charge in [-0.05, 0) is 60.6 Å². The van der Waals surface area contributed by atoms with Crippen molar-refractivity contribution in [1.29, 1.82) is 0 Å². The van der Waals surface area contributed by atoms with Gasteiger partial charge in [0.15, 0.2) is 0 Å². The van der Waals surface area contributed by atoms with Crippen molar-refractivity contribution in [2.75, 3.05) is 0 Å². The van der Waals surface area contributed by atoms with Gasteiger partial charge in [-0.2, -0.15) is 0 Å². The highest BCUT2D eigenvalue weighted by molar-refractivity contribution is 5.91. The van der Waals surface area contributed by atoms with E-state index in [1.807, 2.05) is 6.07 Å². The van der Waals surface area contributed by atoms with Crippen molar-refractivity contribution in [1.82, 2.24) is 10.6 Å². The van der Waals surface area contributed by atoms with E-state index in [-0.39, 0.29) is 0 Å². The third kappa shape index (κ3) is 3.74. The Balaban J connectivity index is 1.55. The van der Waals surface area contributed by atoms with Crippen molar-refractivity contribution < 1.29 is 5.11 Å². The predicted octanol–water partition coefficient (Wildman–Crippen LogP) is 4.92. The minimum absolute atomic E-state index is 0.416. The number of phenolic OH excluding ortho intramolecular Hbond substituents is 1. The lowest BCUT2D eigenvalue weighted by Crippen LogP contribution is -2.26. The standard InChI is InChI=1S/C23H32N2O/c1-16-17(14-24-18-6-2-3-7-18)10-11-21-20(16)12-13-23(26)22(21)15-25-19-8-4-5-9-19/h10-13,18-19,24-26H,2-9,14-15H2,1H3. The van der Waals surface area contributed by atoms with E-state index < -0.39 is 0 Å². The van der Waals surface area contributed by atoms with E-state index in [4.69, 9.17) is 0 Å². The van der Waals surface area contributed by atoms with Crippen LogP contribution in [-0.4, -0.2) is 17.2 Å². The van der Waals surface area contributed by atoms with E-state index >= 15 is 0 Å². The average Bonchev–Trinajstić information content (AvgIpc) is 3.34. The van der Waals surface area contributed by atoms with Gasteiger partial charge in [-0.25, -0.2) is 0 Å². The molecule has 140 valence electrons. The topological polar surface area (TPSA) is 44.3 Å². The van der Waals surface area contributed by atoms with Crippen molar-refractivity contribution in [3.05, 3.63) is 41.0 Å². The Bertz CT molecular complexity index is 758. The molecule has 3 N–H and O–H groups in total. The van der Waals surface area contributed by atoms with Crippen molar-refractivity contribution in [3.63, 3.8) is 0 Å². The van der Waals surface area contributed by atoms with Gasteiger partial charge in [0.2, 0.25) is 0 Å². The number of rotatable bonds is 6. The van der Waals surface area contributed by atoms with Crippen LogP contribution in [0.15, 0.2) is 24.3 Å². The maximum absolute atomic E-state index is 10.4.